The molecule has 4 N–H and O–H groups in total. The molecule has 0 spiro atoms. The second-order valence-corrected chi connectivity index (χ2v) is 5.50. The Hall–Kier alpha value is -0.610. The van der Waals surface area contributed by atoms with Gasteiger partial charge in [-0.1, -0.05) is 19.3 Å². The third-order valence-electron chi connectivity index (χ3n) is 4.36. The van der Waals surface area contributed by atoms with Crippen molar-refractivity contribution in [2.24, 2.45) is 17.6 Å². The monoisotopic (exact) mass is 240 g/mol. The maximum atomic E-state index is 12.2. The SMILES string of the molecule is NCC1CCCC1C(=O)NC1CCCCC1O. The molecule has 4 unspecified atom stereocenters. The third kappa shape index (κ3) is 2.99. The molecule has 0 bridgehead atoms. The van der Waals surface area contributed by atoms with Gasteiger partial charge in [-0.05, 0) is 38.1 Å². The number of carbonyl (C=O) groups excluding carboxylic acids is 1. The Labute approximate surface area is 103 Å². The molecule has 2 fully saturated rings. The van der Waals surface area contributed by atoms with E-state index in [0.29, 0.717) is 12.5 Å². The van der Waals surface area contributed by atoms with E-state index >= 15 is 0 Å². The normalized spacial score (nSPS) is 38.0. The number of hydrogen-bond donors (Lipinski definition) is 3. The fourth-order valence-corrected chi connectivity index (χ4v) is 3.23. The molecule has 2 aliphatic carbocycles. The van der Waals surface area contributed by atoms with Crippen LogP contribution in [0.4, 0.5) is 0 Å². The van der Waals surface area contributed by atoms with Gasteiger partial charge < -0.3 is 16.2 Å². The topological polar surface area (TPSA) is 75.4 Å². The summed E-state index contributed by atoms with van der Waals surface area (Å²) in [5, 5.41) is 12.9. The van der Waals surface area contributed by atoms with Crippen molar-refractivity contribution in [2.45, 2.75) is 57.1 Å². The fraction of sp³-hybridized carbons (Fsp3) is 0.923. The Kier molecular flexibility index (Phi) is 4.40. The van der Waals surface area contributed by atoms with E-state index in [-0.39, 0.29) is 24.0 Å². The second-order valence-electron chi connectivity index (χ2n) is 5.50. The molecule has 0 aliphatic heterocycles. The lowest BCUT2D eigenvalue weighted by Gasteiger charge is -2.30. The van der Waals surface area contributed by atoms with Crippen LogP contribution >= 0.6 is 0 Å². The molecule has 2 aliphatic rings. The Morgan fingerprint density at radius 2 is 1.94 bits per heavy atom. The van der Waals surface area contributed by atoms with Gasteiger partial charge in [-0.3, -0.25) is 4.79 Å². The zero-order valence-electron chi connectivity index (χ0n) is 10.4. The van der Waals surface area contributed by atoms with Crippen LogP contribution in [0.25, 0.3) is 0 Å². The molecule has 1 amide bonds. The van der Waals surface area contributed by atoms with Crippen molar-refractivity contribution in [3.63, 3.8) is 0 Å². The van der Waals surface area contributed by atoms with Gasteiger partial charge in [0.05, 0.1) is 12.1 Å². The van der Waals surface area contributed by atoms with E-state index in [1.807, 2.05) is 0 Å². The van der Waals surface area contributed by atoms with Crippen LogP contribution < -0.4 is 11.1 Å². The zero-order chi connectivity index (χ0) is 12.3. The van der Waals surface area contributed by atoms with E-state index in [0.717, 1.165) is 44.9 Å². The highest BCUT2D eigenvalue weighted by atomic mass is 16.3. The smallest absolute Gasteiger partial charge is 0.223 e. The number of rotatable bonds is 3. The van der Waals surface area contributed by atoms with Crippen molar-refractivity contribution in [1.29, 1.82) is 0 Å². The first kappa shape index (κ1) is 12.8. The molecule has 4 nitrogen and oxygen atoms in total. The van der Waals surface area contributed by atoms with Crippen molar-refractivity contribution < 1.29 is 9.90 Å². The largest absolute Gasteiger partial charge is 0.391 e. The maximum Gasteiger partial charge on any atom is 0.223 e. The van der Waals surface area contributed by atoms with Gasteiger partial charge in [-0.25, -0.2) is 0 Å². The molecule has 2 saturated carbocycles. The highest BCUT2D eigenvalue weighted by Gasteiger charge is 2.34. The lowest BCUT2D eigenvalue weighted by molar-refractivity contribution is -0.128. The summed E-state index contributed by atoms with van der Waals surface area (Å²) in [6.07, 6.45) is 6.68. The van der Waals surface area contributed by atoms with Gasteiger partial charge in [-0.15, -0.1) is 0 Å². The summed E-state index contributed by atoms with van der Waals surface area (Å²) in [6, 6.07) is -0.0322. The summed E-state index contributed by atoms with van der Waals surface area (Å²) in [4.78, 5) is 12.2. The quantitative estimate of drug-likeness (QED) is 0.682. The Bertz CT molecular complexity index is 270. The van der Waals surface area contributed by atoms with Crippen molar-refractivity contribution in [3.05, 3.63) is 0 Å². The van der Waals surface area contributed by atoms with Crippen LogP contribution in [0, 0.1) is 11.8 Å². The van der Waals surface area contributed by atoms with Crippen LogP contribution in [0.3, 0.4) is 0 Å². The minimum atomic E-state index is -0.356. The van der Waals surface area contributed by atoms with Crippen LogP contribution in [-0.4, -0.2) is 29.7 Å². The second kappa shape index (κ2) is 5.83. The summed E-state index contributed by atoms with van der Waals surface area (Å²) >= 11 is 0. The molecule has 98 valence electrons. The predicted molar refractivity (Wildman–Crippen MR) is 66.3 cm³/mol. The van der Waals surface area contributed by atoms with Gasteiger partial charge in [0.1, 0.15) is 0 Å². The predicted octanol–water partition coefficient (Wildman–Crippen LogP) is 0.781. The van der Waals surface area contributed by atoms with Crippen molar-refractivity contribution in [3.8, 4) is 0 Å². The van der Waals surface area contributed by atoms with E-state index in [4.69, 9.17) is 5.73 Å². The highest BCUT2D eigenvalue weighted by molar-refractivity contribution is 5.79. The van der Waals surface area contributed by atoms with Crippen molar-refractivity contribution >= 4 is 5.91 Å². The lowest BCUT2D eigenvalue weighted by Crippen LogP contribution is -2.48. The first-order chi connectivity index (χ1) is 8.22. The standard InChI is InChI=1S/C13H24N2O2/c14-8-9-4-3-5-10(9)13(17)15-11-6-1-2-7-12(11)16/h9-12,16H,1-8,14H2,(H,15,17). The minimum Gasteiger partial charge on any atom is -0.391 e. The summed E-state index contributed by atoms with van der Waals surface area (Å²) in [5.41, 5.74) is 5.69. The molecular formula is C13H24N2O2. The van der Waals surface area contributed by atoms with Gasteiger partial charge in [0.2, 0.25) is 5.91 Å². The number of hydrogen-bond acceptors (Lipinski definition) is 3. The molecular weight excluding hydrogens is 216 g/mol. The number of carbonyl (C=O) groups is 1. The van der Waals surface area contributed by atoms with Crippen LogP contribution in [0.5, 0.6) is 0 Å². The van der Waals surface area contributed by atoms with Crippen LogP contribution in [-0.2, 0) is 4.79 Å². The molecule has 0 heterocycles. The van der Waals surface area contributed by atoms with Crippen LogP contribution in [0.2, 0.25) is 0 Å². The average Bonchev–Trinajstić information content (AvgIpc) is 2.80. The summed E-state index contributed by atoms with van der Waals surface area (Å²) < 4.78 is 0. The molecule has 4 heteroatoms. The fourth-order valence-electron chi connectivity index (χ4n) is 3.23. The number of aliphatic hydroxyl groups is 1. The maximum absolute atomic E-state index is 12.2. The molecule has 0 aromatic carbocycles. The Balaban J connectivity index is 1.87. The van der Waals surface area contributed by atoms with Gasteiger partial charge in [-0.2, -0.15) is 0 Å². The van der Waals surface area contributed by atoms with Crippen LogP contribution in [0.15, 0.2) is 0 Å². The summed E-state index contributed by atoms with van der Waals surface area (Å²) in [5.74, 6) is 0.536. The first-order valence-corrected chi connectivity index (χ1v) is 6.91. The molecule has 0 aromatic rings. The summed E-state index contributed by atoms with van der Waals surface area (Å²) in [7, 11) is 0. The van der Waals surface area contributed by atoms with Crippen LogP contribution in [0.1, 0.15) is 44.9 Å². The number of aliphatic hydroxyl groups excluding tert-OH is 1. The highest BCUT2D eigenvalue weighted by Crippen LogP contribution is 2.31. The molecule has 17 heavy (non-hydrogen) atoms. The molecule has 4 atom stereocenters. The Morgan fingerprint density at radius 3 is 2.65 bits per heavy atom. The lowest BCUT2D eigenvalue weighted by atomic mass is 9.90. The van der Waals surface area contributed by atoms with E-state index in [1.54, 1.807) is 0 Å². The Morgan fingerprint density at radius 1 is 1.18 bits per heavy atom. The van der Waals surface area contributed by atoms with E-state index in [1.165, 1.54) is 0 Å². The number of nitrogens with one attached hydrogen (secondary N) is 1. The zero-order valence-corrected chi connectivity index (χ0v) is 10.4. The third-order valence-corrected chi connectivity index (χ3v) is 4.36. The van der Waals surface area contributed by atoms with Crippen molar-refractivity contribution in [1.82, 2.24) is 5.32 Å². The molecule has 2 rings (SSSR count). The van der Waals surface area contributed by atoms with Gasteiger partial charge in [0.25, 0.3) is 0 Å². The number of amides is 1. The molecule has 0 saturated heterocycles. The van der Waals surface area contributed by atoms with Gasteiger partial charge >= 0.3 is 0 Å². The van der Waals surface area contributed by atoms with Gasteiger partial charge in [0.15, 0.2) is 0 Å². The van der Waals surface area contributed by atoms with Crippen molar-refractivity contribution in [2.75, 3.05) is 6.54 Å². The van der Waals surface area contributed by atoms with E-state index in [2.05, 4.69) is 5.32 Å². The molecule has 0 aromatic heterocycles. The van der Waals surface area contributed by atoms with E-state index < -0.39 is 0 Å². The molecule has 0 radical (unpaired) electrons. The average molecular weight is 240 g/mol. The van der Waals surface area contributed by atoms with Gasteiger partial charge in [0, 0.05) is 5.92 Å². The number of nitrogens with two attached hydrogens (primary N) is 1. The first-order valence-electron chi connectivity index (χ1n) is 6.91. The minimum absolute atomic E-state index is 0.0322. The summed E-state index contributed by atoms with van der Waals surface area (Å²) in [6.45, 7) is 0.602. The van der Waals surface area contributed by atoms with E-state index in [9.17, 15) is 9.90 Å².